The monoisotopic (exact) mass is 254 g/mol. The van der Waals surface area contributed by atoms with Gasteiger partial charge >= 0.3 is 0 Å². The molecule has 0 saturated heterocycles. The summed E-state index contributed by atoms with van der Waals surface area (Å²) in [5.41, 5.74) is 1.60. The molecule has 17 heavy (non-hydrogen) atoms. The van der Waals surface area contributed by atoms with Crippen molar-refractivity contribution in [1.82, 2.24) is 10.6 Å². The molecule has 94 valence electrons. The number of benzene rings is 1. The molecule has 1 amide bonds. The third-order valence-corrected chi connectivity index (χ3v) is 2.49. The number of amides is 1. The third kappa shape index (κ3) is 5.20. The lowest BCUT2D eigenvalue weighted by Crippen LogP contribution is -2.34. The van der Waals surface area contributed by atoms with E-state index in [1.165, 1.54) is 0 Å². The van der Waals surface area contributed by atoms with Gasteiger partial charge < -0.3 is 10.6 Å². The van der Waals surface area contributed by atoms with Gasteiger partial charge in [-0.05, 0) is 30.7 Å². The Hall–Kier alpha value is -1.06. The van der Waals surface area contributed by atoms with Gasteiger partial charge in [0.1, 0.15) is 0 Å². The van der Waals surface area contributed by atoms with E-state index in [1.807, 2.05) is 19.1 Å². The van der Waals surface area contributed by atoms with E-state index >= 15 is 0 Å². The summed E-state index contributed by atoms with van der Waals surface area (Å²) in [6, 6.07) is 5.77. The van der Waals surface area contributed by atoms with Crippen LogP contribution in [-0.4, -0.2) is 25.0 Å². The Morgan fingerprint density at radius 1 is 1.29 bits per heavy atom. The minimum atomic E-state index is -0.0823. The average Bonchev–Trinajstić information content (AvgIpc) is 2.22. The topological polar surface area (TPSA) is 41.1 Å². The molecular formula is C13H19ClN2O. The minimum Gasteiger partial charge on any atom is -0.351 e. The third-order valence-electron chi connectivity index (χ3n) is 2.27. The second kappa shape index (κ2) is 6.62. The zero-order chi connectivity index (χ0) is 12.8. The van der Waals surface area contributed by atoms with Gasteiger partial charge in [0.25, 0.3) is 5.91 Å². The zero-order valence-corrected chi connectivity index (χ0v) is 11.3. The Morgan fingerprint density at radius 2 is 2.00 bits per heavy atom. The Labute approximate surface area is 108 Å². The first kappa shape index (κ1) is 14.0. The molecule has 0 unspecified atom stereocenters. The van der Waals surface area contributed by atoms with Crippen LogP contribution in [0.4, 0.5) is 0 Å². The SMILES string of the molecule is Cc1cc(Cl)cc(C(=O)NCCNC(C)C)c1. The molecule has 0 aliphatic heterocycles. The smallest absolute Gasteiger partial charge is 0.251 e. The number of halogens is 1. The highest BCUT2D eigenvalue weighted by Crippen LogP contribution is 2.14. The fraction of sp³-hybridized carbons (Fsp3) is 0.462. The van der Waals surface area contributed by atoms with Crippen LogP contribution in [0.25, 0.3) is 0 Å². The standard InChI is InChI=1S/C13H19ClN2O/c1-9(2)15-4-5-16-13(17)11-6-10(3)7-12(14)8-11/h6-9,15H,4-5H2,1-3H3,(H,16,17). The van der Waals surface area contributed by atoms with Gasteiger partial charge in [-0.15, -0.1) is 0 Å². The first-order chi connectivity index (χ1) is 7.99. The van der Waals surface area contributed by atoms with Crippen molar-refractivity contribution in [2.75, 3.05) is 13.1 Å². The molecule has 0 aliphatic rings. The molecular weight excluding hydrogens is 236 g/mol. The van der Waals surface area contributed by atoms with Crippen LogP contribution >= 0.6 is 11.6 Å². The van der Waals surface area contributed by atoms with E-state index in [4.69, 9.17) is 11.6 Å². The summed E-state index contributed by atoms with van der Waals surface area (Å²) in [4.78, 5) is 11.8. The zero-order valence-electron chi connectivity index (χ0n) is 10.5. The van der Waals surface area contributed by atoms with E-state index in [2.05, 4.69) is 24.5 Å². The molecule has 2 N–H and O–H groups in total. The first-order valence-corrected chi connectivity index (χ1v) is 6.15. The summed E-state index contributed by atoms with van der Waals surface area (Å²) in [6.07, 6.45) is 0. The van der Waals surface area contributed by atoms with Gasteiger partial charge in [-0.3, -0.25) is 4.79 Å². The van der Waals surface area contributed by atoms with Crippen molar-refractivity contribution >= 4 is 17.5 Å². The van der Waals surface area contributed by atoms with Crippen molar-refractivity contribution in [3.05, 3.63) is 34.3 Å². The first-order valence-electron chi connectivity index (χ1n) is 5.78. The molecule has 0 aliphatic carbocycles. The molecule has 0 bridgehead atoms. The summed E-state index contributed by atoms with van der Waals surface area (Å²) in [5.74, 6) is -0.0823. The van der Waals surface area contributed by atoms with Gasteiger partial charge in [0, 0.05) is 29.7 Å². The van der Waals surface area contributed by atoms with Crippen molar-refractivity contribution in [3.8, 4) is 0 Å². The Morgan fingerprint density at radius 3 is 2.59 bits per heavy atom. The summed E-state index contributed by atoms with van der Waals surface area (Å²) in [6.45, 7) is 7.44. The van der Waals surface area contributed by atoms with Gasteiger partial charge in [-0.1, -0.05) is 25.4 Å². The number of nitrogens with one attached hydrogen (secondary N) is 2. The molecule has 1 aromatic carbocycles. The predicted molar refractivity (Wildman–Crippen MR) is 71.7 cm³/mol. The number of carbonyl (C=O) groups excluding carboxylic acids is 1. The quantitative estimate of drug-likeness (QED) is 0.793. The number of rotatable bonds is 5. The van der Waals surface area contributed by atoms with Crippen molar-refractivity contribution in [3.63, 3.8) is 0 Å². The largest absolute Gasteiger partial charge is 0.351 e. The molecule has 0 aromatic heterocycles. The molecule has 0 spiro atoms. The maximum absolute atomic E-state index is 11.8. The van der Waals surface area contributed by atoms with Gasteiger partial charge in [0.15, 0.2) is 0 Å². The molecule has 0 atom stereocenters. The summed E-state index contributed by atoms with van der Waals surface area (Å²) in [7, 11) is 0. The highest BCUT2D eigenvalue weighted by Gasteiger charge is 2.06. The minimum absolute atomic E-state index is 0.0823. The molecule has 0 saturated carbocycles. The van der Waals surface area contributed by atoms with E-state index < -0.39 is 0 Å². The fourth-order valence-electron chi connectivity index (χ4n) is 1.51. The predicted octanol–water partition coefficient (Wildman–Crippen LogP) is 2.38. The second-order valence-corrected chi connectivity index (χ2v) is 4.82. The van der Waals surface area contributed by atoms with E-state index in [9.17, 15) is 4.79 Å². The van der Waals surface area contributed by atoms with Crippen LogP contribution in [0.3, 0.4) is 0 Å². The molecule has 1 aromatic rings. The molecule has 0 radical (unpaired) electrons. The van der Waals surface area contributed by atoms with E-state index in [0.29, 0.717) is 23.2 Å². The Balaban J connectivity index is 2.47. The van der Waals surface area contributed by atoms with Crippen LogP contribution < -0.4 is 10.6 Å². The second-order valence-electron chi connectivity index (χ2n) is 4.38. The van der Waals surface area contributed by atoms with Crippen molar-refractivity contribution < 1.29 is 4.79 Å². The molecule has 1 rings (SSSR count). The van der Waals surface area contributed by atoms with Crippen LogP contribution in [0.1, 0.15) is 29.8 Å². The maximum Gasteiger partial charge on any atom is 0.251 e. The van der Waals surface area contributed by atoms with Crippen LogP contribution in [0.5, 0.6) is 0 Å². The fourth-order valence-corrected chi connectivity index (χ4v) is 1.80. The number of aryl methyl sites for hydroxylation is 1. The van der Waals surface area contributed by atoms with E-state index in [0.717, 1.165) is 12.1 Å². The summed E-state index contributed by atoms with van der Waals surface area (Å²) >= 11 is 5.90. The Kier molecular flexibility index (Phi) is 5.45. The Bertz CT molecular complexity index is 371. The highest BCUT2D eigenvalue weighted by atomic mass is 35.5. The van der Waals surface area contributed by atoms with E-state index in [-0.39, 0.29) is 5.91 Å². The van der Waals surface area contributed by atoms with E-state index in [1.54, 1.807) is 6.07 Å². The number of hydrogen-bond acceptors (Lipinski definition) is 2. The molecule has 4 heteroatoms. The number of carbonyl (C=O) groups is 1. The van der Waals surface area contributed by atoms with Crippen molar-refractivity contribution in [2.45, 2.75) is 26.8 Å². The van der Waals surface area contributed by atoms with Gasteiger partial charge in [-0.25, -0.2) is 0 Å². The van der Waals surface area contributed by atoms with Gasteiger partial charge in [-0.2, -0.15) is 0 Å². The molecule has 0 fully saturated rings. The van der Waals surface area contributed by atoms with Crippen LogP contribution in [0.2, 0.25) is 5.02 Å². The van der Waals surface area contributed by atoms with Crippen LogP contribution in [0, 0.1) is 6.92 Å². The lowest BCUT2D eigenvalue weighted by Gasteiger charge is -2.09. The van der Waals surface area contributed by atoms with Crippen LogP contribution in [0.15, 0.2) is 18.2 Å². The summed E-state index contributed by atoms with van der Waals surface area (Å²) < 4.78 is 0. The molecule has 3 nitrogen and oxygen atoms in total. The van der Waals surface area contributed by atoms with Crippen molar-refractivity contribution in [2.24, 2.45) is 0 Å². The lowest BCUT2D eigenvalue weighted by molar-refractivity contribution is 0.0953. The average molecular weight is 255 g/mol. The van der Waals surface area contributed by atoms with Gasteiger partial charge in [0.05, 0.1) is 0 Å². The number of hydrogen-bond donors (Lipinski definition) is 2. The van der Waals surface area contributed by atoms with Crippen LogP contribution in [-0.2, 0) is 0 Å². The van der Waals surface area contributed by atoms with Gasteiger partial charge in [0.2, 0.25) is 0 Å². The highest BCUT2D eigenvalue weighted by molar-refractivity contribution is 6.31. The maximum atomic E-state index is 11.8. The lowest BCUT2D eigenvalue weighted by atomic mass is 10.1. The molecule has 0 heterocycles. The van der Waals surface area contributed by atoms with Crippen molar-refractivity contribution in [1.29, 1.82) is 0 Å². The normalized spacial score (nSPS) is 10.6. The summed E-state index contributed by atoms with van der Waals surface area (Å²) in [5, 5.41) is 6.68.